The van der Waals surface area contributed by atoms with Crippen LogP contribution in [0.15, 0.2) is 47.6 Å². The lowest BCUT2D eigenvalue weighted by atomic mass is 10.1. The van der Waals surface area contributed by atoms with Gasteiger partial charge in [0.1, 0.15) is 24.1 Å². The Morgan fingerprint density at radius 2 is 1.94 bits per heavy atom. The number of piperidine rings is 1. The molecule has 4 rings (SSSR count). The second-order valence-electron chi connectivity index (χ2n) is 9.00. The molecule has 0 saturated carbocycles. The van der Waals surface area contributed by atoms with Gasteiger partial charge < -0.3 is 24.6 Å². The Labute approximate surface area is 201 Å². The van der Waals surface area contributed by atoms with E-state index in [2.05, 4.69) is 34.5 Å². The van der Waals surface area contributed by atoms with E-state index < -0.39 is 0 Å². The fraction of sp³-hybridized carbons (Fsp3) is 0.500. The summed E-state index contributed by atoms with van der Waals surface area (Å²) < 4.78 is 11.7. The zero-order valence-electron chi connectivity index (χ0n) is 20.0. The molecule has 2 heterocycles. The second-order valence-corrected chi connectivity index (χ2v) is 9.00. The SMILES string of the molecule is COc1cc(OC2CCNCC2)ccc1CC(=O)N1CCN(c2ccccc2C)CC1CN=O. The number of nitroso groups, excluding NO2 is 1. The summed E-state index contributed by atoms with van der Waals surface area (Å²) in [7, 11) is 1.61. The Bertz CT molecular complexity index is 993. The van der Waals surface area contributed by atoms with Crippen molar-refractivity contribution in [1.82, 2.24) is 10.2 Å². The average molecular weight is 467 g/mol. The Morgan fingerprint density at radius 3 is 2.68 bits per heavy atom. The van der Waals surface area contributed by atoms with Gasteiger partial charge >= 0.3 is 0 Å². The number of benzene rings is 2. The van der Waals surface area contributed by atoms with Gasteiger partial charge in [0, 0.05) is 37.0 Å². The molecule has 182 valence electrons. The number of rotatable bonds is 8. The summed E-state index contributed by atoms with van der Waals surface area (Å²) in [5.74, 6) is 1.38. The molecule has 0 aliphatic carbocycles. The molecule has 2 aromatic rings. The summed E-state index contributed by atoms with van der Waals surface area (Å²) in [5.41, 5.74) is 3.12. The zero-order valence-corrected chi connectivity index (χ0v) is 20.0. The van der Waals surface area contributed by atoms with Gasteiger partial charge in [-0.2, -0.15) is 4.91 Å². The molecule has 0 spiro atoms. The fourth-order valence-corrected chi connectivity index (χ4v) is 4.88. The van der Waals surface area contributed by atoms with Gasteiger partial charge in [0.05, 0.1) is 19.6 Å². The number of nitrogens with zero attached hydrogens (tertiary/aromatic N) is 3. The molecule has 34 heavy (non-hydrogen) atoms. The Morgan fingerprint density at radius 1 is 1.15 bits per heavy atom. The number of methoxy groups -OCH3 is 1. The van der Waals surface area contributed by atoms with E-state index in [9.17, 15) is 9.70 Å². The number of carbonyl (C=O) groups is 1. The van der Waals surface area contributed by atoms with E-state index in [4.69, 9.17) is 9.47 Å². The monoisotopic (exact) mass is 466 g/mol. The normalized spacial score (nSPS) is 19.1. The minimum absolute atomic E-state index is 0.0246. The number of ether oxygens (including phenoxy) is 2. The highest BCUT2D eigenvalue weighted by Crippen LogP contribution is 2.28. The molecular weight excluding hydrogens is 432 g/mol. The van der Waals surface area contributed by atoms with Crippen LogP contribution in [0, 0.1) is 11.8 Å². The lowest BCUT2D eigenvalue weighted by molar-refractivity contribution is -0.133. The molecule has 1 unspecified atom stereocenters. The summed E-state index contributed by atoms with van der Waals surface area (Å²) in [6.07, 6.45) is 2.35. The van der Waals surface area contributed by atoms with Crippen LogP contribution in [0.2, 0.25) is 0 Å². The Balaban J connectivity index is 1.43. The van der Waals surface area contributed by atoms with Gasteiger partial charge in [0.2, 0.25) is 5.91 Å². The predicted octanol–water partition coefficient (Wildman–Crippen LogP) is 3.16. The quantitative estimate of drug-likeness (QED) is 0.602. The number of nitrogens with one attached hydrogen (secondary N) is 1. The molecule has 2 aliphatic rings. The van der Waals surface area contributed by atoms with Crippen molar-refractivity contribution in [2.75, 3.05) is 51.3 Å². The molecule has 2 aliphatic heterocycles. The van der Waals surface area contributed by atoms with Crippen LogP contribution in [0.25, 0.3) is 0 Å². The van der Waals surface area contributed by atoms with E-state index in [1.165, 1.54) is 5.56 Å². The number of amides is 1. The molecule has 1 N–H and O–H groups in total. The van der Waals surface area contributed by atoms with Crippen LogP contribution in [0.5, 0.6) is 11.5 Å². The summed E-state index contributed by atoms with van der Waals surface area (Å²) in [5, 5.41) is 6.47. The van der Waals surface area contributed by atoms with Crippen molar-refractivity contribution in [3.05, 3.63) is 58.5 Å². The van der Waals surface area contributed by atoms with Gasteiger partial charge in [-0.1, -0.05) is 29.4 Å². The van der Waals surface area contributed by atoms with Crippen LogP contribution < -0.4 is 19.7 Å². The molecule has 2 fully saturated rings. The summed E-state index contributed by atoms with van der Waals surface area (Å²) in [6.45, 7) is 5.92. The molecule has 0 bridgehead atoms. The number of hydrogen-bond acceptors (Lipinski definition) is 7. The van der Waals surface area contributed by atoms with E-state index in [1.54, 1.807) is 12.0 Å². The van der Waals surface area contributed by atoms with E-state index in [1.807, 2.05) is 30.3 Å². The van der Waals surface area contributed by atoms with Crippen molar-refractivity contribution >= 4 is 11.6 Å². The lowest BCUT2D eigenvalue weighted by Crippen LogP contribution is -2.57. The average Bonchev–Trinajstić information content (AvgIpc) is 2.86. The largest absolute Gasteiger partial charge is 0.496 e. The maximum Gasteiger partial charge on any atom is 0.227 e. The maximum atomic E-state index is 13.3. The van der Waals surface area contributed by atoms with E-state index in [0.29, 0.717) is 25.4 Å². The van der Waals surface area contributed by atoms with Crippen LogP contribution in [0.3, 0.4) is 0 Å². The number of piperazine rings is 1. The van der Waals surface area contributed by atoms with Gasteiger partial charge in [-0.3, -0.25) is 4.79 Å². The van der Waals surface area contributed by atoms with E-state index >= 15 is 0 Å². The van der Waals surface area contributed by atoms with Gasteiger partial charge in [-0.15, -0.1) is 0 Å². The third-order valence-corrected chi connectivity index (χ3v) is 6.73. The molecule has 8 heteroatoms. The first-order valence-electron chi connectivity index (χ1n) is 12.0. The fourth-order valence-electron chi connectivity index (χ4n) is 4.88. The lowest BCUT2D eigenvalue weighted by Gasteiger charge is -2.42. The summed E-state index contributed by atoms with van der Waals surface area (Å²) in [4.78, 5) is 28.5. The highest BCUT2D eigenvalue weighted by atomic mass is 16.5. The number of aryl methyl sites for hydroxylation is 1. The molecule has 2 saturated heterocycles. The predicted molar refractivity (Wildman–Crippen MR) is 133 cm³/mol. The Hall–Kier alpha value is -3.13. The van der Waals surface area contributed by atoms with E-state index in [-0.39, 0.29) is 31.0 Å². The molecule has 0 radical (unpaired) electrons. The van der Waals surface area contributed by atoms with Crippen LogP contribution in [-0.2, 0) is 11.2 Å². The van der Waals surface area contributed by atoms with Crippen LogP contribution in [-0.4, -0.2) is 69.3 Å². The van der Waals surface area contributed by atoms with Gasteiger partial charge in [0.15, 0.2) is 0 Å². The molecule has 0 aromatic heterocycles. The second kappa shape index (κ2) is 11.3. The first kappa shape index (κ1) is 24.0. The van der Waals surface area contributed by atoms with Crippen LogP contribution in [0.1, 0.15) is 24.0 Å². The van der Waals surface area contributed by atoms with Crippen molar-refractivity contribution in [3.63, 3.8) is 0 Å². The molecule has 2 aromatic carbocycles. The van der Waals surface area contributed by atoms with Gasteiger partial charge in [-0.25, -0.2) is 0 Å². The van der Waals surface area contributed by atoms with Gasteiger partial charge in [-0.05, 0) is 50.6 Å². The first-order chi connectivity index (χ1) is 16.6. The van der Waals surface area contributed by atoms with Crippen LogP contribution >= 0.6 is 0 Å². The zero-order chi connectivity index (χ0) is 23.9. The number of anilines is 1. The van der Waals surface area contributed by atoms with Gasteiger partial charge in [0.25, 0.3) is 0 Å². The Kier molecular flexibility index (Phi) is 8.00. The number of hydrogen-bond donors (Lipinski definition) is 1. The summed E-state index contributed by atoms with van der Waals surface area (Å²) >= 11 is 0. The maximum absolute atomic E-state index is 13.3. The number of para-hydroxylation sites is 1. The molecular formula is C26H34N4O4. The first-order valence-corrected chi connectivity index (χ1v) is 12.0. The topological polar surface area (TPSA) is 83.5 Å². The highest BCUT2D eigenvalue weighted by Gasteiger charge is 2.31. The van der Waals surface area contributed by atoms with Crippen molar-refractivity contribution in [1.29, 1.82) is 0 Å². The number of carbonyl (C=O) groups excluding carboxylic acids is 1. The van der Waals surface area contributed by atoms with Crippen LogP contribution in [0.4, 0.5) is 5.69 Å². The minimum Gasteiger partial charge on any atom is -0.496 e. The highest BCUT2D eigenvalue weighted by molar-refractivity contribution is 5.80. The van der Waals surface area contributed by atoms with Crippen molar-refractivity contribution < 1.29 is 14.3 Å². The third-order valence-electron chi connectivity index (χ3n) is 6.73. The molecule has 1 atom stereocenters. The van der Waals surface area contributed by atoms with Crippen molar-refractivity contribution in [2.24, 2.45) is 5.18 Å². The smallest absolute Gasteiger partial charge is 0.227 e. The standard InChI is InChI=1S/C26H34N4O4/c1-19-5-3-4-6-24(19)29-13-14-30(21(18-29)17-28-32)26(31)15-20-7-8-23(16-25(20)33-2)34-22-9-11-27-12-10-22/h3-8,16,21-22,27H,9-15,17-18H2,1-2H3. The van der Waals surface area contributed by atoms with Crippen molar-refractivity contribution in [3.8, 4) is 11.5 Å². The van der Waals surface area contributed by atoms with E-state index in [0.717, 1.165) is 42.9 Å². The minimum atomic E-state index is -0.258. The third kappa shape index (κ3) is 5.67. The van der Waals surface area contributed by atoms with Crippen molar-refractivity contribution in [2.45, 2.75) is 38.3 Å². The molecule has 1 amide bonds. The molecule has 8 nitrogen and oxygen atoms in total. The summed E-state index contributed by atoms with van der Waals surface area (Å²) in [6, 6.07) is 13.6.